The van der Waals surface area contributed by atoms with Crippen LogP contribution in [0.4, 0.5) is 8.78 Å². The number of halogens is 2. The minimum atomic E-state index is -0.840. The standard InChI is InChI=1S/C13H15F2N3/c1-8-11(6-16)9(2)18(17-8)7-10-3-4-12(14)13(15)5-10/h3-5H,6-7,16H2,1-2H3. The van der Waals surface area contributed by atoms with E-state index in [1.54, 1.807) is 10.7 Å². The van der Waals surface area contributed by atoms with Crippen LogP contribution in [0.2, 0.25) is 0 Å². The van der Waals surface area contributed by atoms with Crippen LogP contribution in [0.25, 0.3) is 0 Å². The predicted octanol–water partition coefficient (Wildman–Crippen LogP) is 2.29. The fourth-order valence-electron chi connectivity index (χ4n) is 1.99. The van der Waals surface area contributed by atoms with Gasteiger partial charge in [0.1, 0.15) is 0 Å². The molecular weight excluding hydrogens is 236 g/mol. The van der Waals surface area contributed by atoms with E-state index in [1.807, 2.05) is 13.8 Å². The van der Waals surface area contributed by atoms with Crippen molar-refractivity contribution in [2.75, 3.05) is 0 Å². The Hall–Kier alpha value is -1.75. The molecule has 0 saturated carbocycles. The van der Waals surface area contributed by atoms with Gasteiger partial charge in [0.15, 0.2) is 11.6 Å². The maximum atomic E-state index is 13.1. The lowest BCUT2D eigenvalue weighted by molar-refractivity contribution is 0.505. The Kier molecular flexibility index (Phi) is 3.43. The summed E-state index contributed by atoms with van der Waals surface area (Å²) < 4.78 is 27.7. The Bertz CT molecular complexity index is 576. The van der Waals surface area contributed by atoms with Gasteiger partial charge in [-0.1, -0.05) is 6.07 Å². The van der Waals surface area contributed by atoms with Gasteiger partial charge in [-0.25, -0.2) is 8.78 Å². The van der Waals surface area contributed by atoms with Crippen LogP contribution in [0.5, 0.6) is 0 Å². The first-order chi connectivity index (χ1) is 8.52. The van der Waals surface area contributed by atoms with E-state index in [-0.39, 0.29) is 0 Å². The van der Waals surface area contributed by atoms with Crippen molar-refractivity contribution in [3.8, 4) is 0 Å². The Morgan fingerprint density at radius 3 is 2.50 bits per heavy atom. The van der Waals surface area contributed by atoms with E-state index in [4.69, 9.17) is 5.73 Å². The molecule has 1 aromatic heterocycles. The summed E-state index contributed by atoms with van der Waals surface area (Å²) in [6.07, 6.45) is 0. The van der Waals surface area contributed by atoms with Crippen LogP contribution in [-0.4, -0.2) is 9.78 Å². The number of aromatic nitrogens is 2. The first-order valence-electron chi connectivity index (χ1n) is 5.69. The third kappa shape index (κ3) is 2.26. The van der Waals surface area contributed by atoms with Crippen molar-refractivity contribution in [1.29, 1.82) is 0 Å². The number of hydrogen-bond donors (Lipinski definition) is 1. The van der Waals surface area contributed by atoms with Crippen molar-refractivity contribution in [3.63, 3.8) is 0 Å². The van der Waals surface area contributed by atoms with Crippen LogP contribution in [0, 0.1) is 25.5 Å². The highest BCUT2D eigenvalue weighted by molar-refractivity contribution is 5.26. The first kappa shape index (κ1) is 12.7. The molecule has 96 valence electrons. The lowest BCUT2D eigenvalue weighted by Gasteiger charge is -2.05. The van der Waals surface area contributed by atoms with Gasteiger partial charge in [0.25, 0.3) is 0 Å². The van der Waals surface area contributed by atoms with E-state index in [9.17, 15) is 8.78 Å². The molecule has 0 amide bonds. The molecule has 0 aliphatic rings. The lowest BCUT2D eigenvalue weighted by Crippen LogP contribution is -2.06. The highest BCUT2D eigenvalue weighted by Crippen LogP contribution is 2.15. The third-order valence-corrected chi connectivity index (χ3v) is 3.05. The summed E-state index contributed by atoms with van der Waals surface area (Å²) in [5.41, 5.74) is 9.14. The molecule has 1 aromatic carbocycles. The lowest BCUT2D eigenvalue weighted by atomic mass is 10.2. The second-order valence-electron chi connectivity index (χ2n) is 4.26. The van der Waals surface area contributed by atoms with E-state index >= 15 is 0 Å². The number of hydrogen-bond acceptors (Lipinski definition) is 2. The maximum absolute atomic E-state index is 13.1. The molecule has 0 bridgehead atoms. The zero-order valence-electron chi connectivity index (χ0n) is 10.4. The van der Waals surface area contributed by atoms with Gasteiger partial charge < -0.3 is 5.73 Å². The van der Waals surface area contributed by atoms with Crippen LogP contribution in [0.15, 0.2) is 18.2 Å². The van der Waals surface area contributed by atoms with E-state index in [2.05, 4.69) is 5.10 Å². The minimum Gasteiger partial charge on any atom is -0.326 e. The Morgan fingerprint density at radius 2 is 1.94 bits per heavy atom. The Balaban J connectivity index is 2.31. The van der Waals surface area contributed by atoms with E-state index in [0.717, 1.165) is 23.0 Å². The van der Waals surface area contributed by atoms with Gasteiger partial charge >= 0.3 is 0 Å². The van der Waals surface area contributed by atoms with E-state index in [0.29, 0.717) is 18.7 Å². The smallest absolute Gasteiger partial charge is 0.159 e. The van der Waals surface area contributed by atoms with Crippen LogP contribution < -0.4 is 5.73 Å². The van der Waals surface area contributed by atoms with E-state index in [1.165, 1.54) is 6.07 Å². The third-order valence-electron chi connectivity index (χ3n) is 3.05. The molecule has 0 saturated heterocycles. The molecule has 0 fully saturated rings. The van der Waals surface area contributed by atoms with Crippen molar-refractivity contribution < 1.29 is 8.78 Å². The molecule has 2 N–H and O–H groups in total. The number of nitrogens with two attached hydrogens (primary N) is 1. The highest BCUT2D eigenvalue weighted by atomic mass is 19.2. The van der Waals surface area contributed by atoms with Gasteiger partial charge in [0.05, 0.1) is 12.2 Å². The van der Waals surface area contributed by atoms with Gasteiger partial charge in [0, 0.05) is 17.8 Å². The second-order valence-corrected chi connectivity index (χ2v) is 4.26. The quantitative estimate of drug-likeness (QED) is 0.909. The normalized spacial score (nSPS) is 10.9. The summed E-state index contributed by atoms with van der Waals surface area (Å²) >= 11 is 0. The summed E-state index contributed by atoms with van der Waals surface area (Å²) in [6, 6.07) is 3.87. The molecule has 0 aliphatic heterocycles. The fourth-order valence-corrected chi connectivity index (χ4v) is 1.99. The van der Waals surface area contributed by atoms with Crippen LogP contribution in [0.1, 0.15) is 22.5 Å². The van der Waals surface area contributed by atoms with Crippen LogP contribution in [0.3, 0.4) is 0 Å². The molecule has 0 atom stereocenters. The molecule has 5 heteroatoms. The van der Waals surface area contributed by atoms with Crippen molar-refractivity contribution in [2.24, 2.45) is 5.73 Å². The molecule has 3 nitrogen and oxygen atoms in total. The second kappa shape index (κ2) is 4.86. The van der Waals surface area contributed by atoms with Crippen molar-refractivity contribution >= 4 is 0 Å². The molecule has 1 heterocycles. The van der Waals surface area contributed by atoms with E-state index < -0.39 is 11.6 Å². The first-order valence-corrected chi connectivity index (χ1v) is 5.69. The fraction of sp³-hybridized carbons (Fsp3) is 0.308. The average Bonchev–Trinajstić information content (AvgIpc) is 2.59. The molecule has 18 heavy (non-hydrogen) atoms. The molecule has 2 aromatic rings. The van der Waals surface area contributed by atoms with Crippen LogP contribution in [-0.2, 0) is 13.1 Å². The largest absolute Gasteiger partial charge is 0.326 e. The number of nitrogens with zero attached hydrogens (tertiary/aromatic N) is 2. The molecule has 2 rings (SSSR count). The summed E-state index contributed by atoms with van der Waals surface area (Å²) in [5, 5.41) is 4.35. The van der Waals surface area contributed by atoms with Crippen molar-refractivity contribution in [1.82, 2.24) is 9.78 Å². The monoisotopic (exact) mass is 251 g/mol. The summed E-state index contributed by atoms with van der Waals surface area (Å²) in [5.74, 6) is -1.68. The minimum absolute atomic E-state index is 0.407. The Morgan fingerprint density at radius 1 is 1.22 bits per heavy atom. The molecule has 0 aliphatic carbocycles. The van der Waals surface area contributed by atoms with Crippen molar-refractivity contribution in [3.05, 3.63) is 52.3 Å². The van der Waals surface area contributed by atoms with Gasteiger partial charge in [-0.2, -0.15) is 5.10 Å². The summed E-state index contributed by atoms with van der Waals surface area (Å²) in [4.78, 5) is 0. The average molecular weight is 251 g/mol. The summed E-state index contributed by atoms with van der Waals surface area (Å²) in [7, 11) is 0. The van der Waals surface area contributed by atoms with Gasteiger partial charge in [0.2, 0.25) is 0 Å². The molecule has 0 unspecified atom stereocenters. The predicted molar refractivity (Wildman–Crippen MR) is 65.1 cm³/mol. The van der Waals surface area contributed by atoms with Crippen molar-refractivity contribution in [2.45, 2.75) is 26.9 Å². The van der Waals surface area contributed by atoms with Gasteiger partial charge in [-0.05, 0) is 31.5 Å². The highest BCUT2D eigenvalue weighted by Gasteiger charge is 2.11. The van der Waals surface area contributed by atoms with Gasteiger partial charge in [-0.15, -0.1) is 0 Å². The summed E-state index contributed by atoms with van der Waals surface area (Å²) in [6.45, 7) is 4.64. The van der Waals surface area contributed by atoms with Gasteiger partial charge in [-0.3, -0.25) is 4.68 Å². The zero-order chi connectivity index (χ0) is 13.3. The molecule has 0 spiro atoms. The number of aryl methyl sites for hydroxylation is 1. The molecule has 0 radical (unpaired) electrons. The number of benzene rings is 1. The molecular formula is C13H15F2N3. The number of rotatable bonds is 3. The zero-order valence-corrected chi connectivity index (χ0v) is 10.4. The maximum Gasteiger partial charge on any atom is 0.159 e. The topological polar surface area (TPSA) is 43.8 Å². The van der Waals surface area contributed by atoms with Crippen LogP contribution >= 0.6 is 0 Å². The Labute approximate surface area is 104 Å². The SMILES string of the molecule is Cc1nn(Cc2ccc(F)c(F)c2)c(C)c1CN.